The standard InChI is InChI=1S/C9H10Cl2N2S/c1-5(13-9(12)14)7-3-2-6(10)4-8(7)11/h2-5H,1H3,(H3,12,13,14)/t5-/m1/s1. The van der Waals surface area contributed by atoms with E-state index < -0.39 is 0 Å². The summed E-state index contributed by atoms with van der Waals surface area (Å²) >= 11 is 16.5. The molecule has 0 aliphatic heterocycles. The molecule has 1 atom stereocenters. The monoisotopic (exact) mass is 248 g/mol. The second-order valence-corrected chi connectivity index (χ2v) is 4.18. The summed E-state index contributed by atoms with van der Waals surface area (Å²) < 4.78 is 0. The van der Waals surface area contributed by atoms with Crippen LogP contribution in [0.5, 0.6) is 0 Å². The van der Waals surface area contributed by atoms with Gasteiger partial charge in [-0.05, 0) is 36.8 Å². The summed E-state index contributed by atoms with van der Waals surface area (Å²) in [6, 6.07) is 5.30. The molecule has 1 aromatic carbocycles. The number of hydrogen-bond acceptors (Lipinski definition) is 1. The Hall–Kier alpha value is -0.510. The van der Waals surface area contributed by atoms with Crippen LogP contribution in [0.3, 0.4) is 0 Å². The Bertz CT molecular complexity index is 355. The third-order valence-electron chi connectivity index (χ3n) is 1.79. The Morgan fingerprint density at radius 3 is 2.64 bits per heavy atom. The van der Waals surface area contributed by atoms with E-state index in [4.69, 9.17) is 41.2 Å². The molecule has 0 bridgehead atoms. The van der Waals surface area contributed by atoms with Crippen molar-refractivity contribution in [2.24, 2.45) is 5.73 Å². The van der Waals surface area contributed by atoms with E-state index in [0.29, 0.717) is 10.0 Å². The summed E-state index contributed by atoms with van der Waals surface area (Å²) in [5.41, 5.74) is 6.28. The first kappa shape index (κ1) is 11.6. The van der Waals surface area contributed by atoms with Crippen molar-refractivity contribution in [3.8, 4) is 0 Å². The Morgan fingerprint density at radius 1 is 1.50 bits per heavy atom. The van der Waals surface area contributed by atoms with Gasteiger partial charge in [-0.15, -0.1) is 0 Å². The lowest BCUT2D eigenvalue weighted by atomic mass is 10.1. The second kappa shape index (κ2) is 4.82. The molecule has 0 saturated heterocycles. The third-order valence-corrected chi connectivity index (χ3v) is 2.47. The molecule has 0 aromatic heterocycles. The molecule has 0 unspecified atom stereocenters. The zero-order valence-corrected chi connectivity index (χ0v) is 9.88. The van der Waals surface area contributed by atoms with Crippen LogP contribution in [0.1, 0.15) is 18.5 Å². The minimum Gasteiger partial charge on any atom is -0.376 e. The lowest BCUT2D eigenvalue weighted by Gasteiger charge is -2.15. The van der Waals surface area contributed by atoms with Crippen LogP contribution >= 0.6 is 35.4 Å². The minimum atomic E-state index is -0.0164. The van der Waals surface area contributed by atoms with Crippen LogP contribution in [0, 0.1) is 0 Å². The van der Waals surface area contributed by atoms with Gasteiger partial charge in [0.2, 0.25) is 0 Å². The molecule has 1 rings (SSSR count). The predicted molar refractivity (Wildman–Crippen MR) is 64.8 cm³/mol. The van der Waals surface area contributed by atoms with Gasteiger partial charge in [-0.1, -0.05) is 29.3 Å². The maximum absolute atomic E-state index is 6.00. The fraction of sp³-hybridized carbons (Fsp3) is 0.222. The zero-order chi connectivity index (χ0) is 10.7. The Kier molecular flexibility index (Phi) is 3.98. The summed E-state index contributed by atoms with van der Waals surface area (Å²) in [6.07, 6.45) is 0. The molecule has 0 fully saturated rings. The Labute approximate surface area is 98.4 Å². The number of nitrogens with one attached hydrogen (secondary N) is 1. The van der Waals surface area contributed by atoms with Crippen molar-refractivity contribution in [3.05, 3.63) is 33.8 Å². The number of nitrogens with two attached hydrogens (primary N) is 1. The molecular formula is C9H10Cl2N2S. The predicted octanol–water partition coefficient (Wildman–Crippen LogP) is 2.89. The van der Waals surface area contributed by atoms with Gasteiger partial charge in [0.05, 0.1) is 6.04 Å². The van der Waals surface area contributed by atoms with E-state index >= 15 is 0 Å². The van der Waals surface area contributed by atoms with Gasteiger partial charge in [0.25, 0.3) is 0 Å². The van der Waals surface area contributed by atoms with Crippen LogP contribution in [-0.4, -0.2) is 5.11 Å². The smallest absolute Gasteiger partial charge is 0.164 e. The van der Waals surface area contributed by atoms with Crippen LogP contribution in [0.2, 0.25) is 10.0 Å². The SMILES string of the molecule is C[C@@H](NC(N)=S)c1ccc(Cl)cc1Cl. The summed E-state index contributed by atoms with van der Waals surface area (Å²) in [7, 11) is 0. The number of halogens is 2. The zero-order valence-electron chi connectivity index (χ0n) is 7.55. The van der Waals surface area contributed by atoms with Crippen molar-refractivity contribution in [1.29, 1.82) is 0 Å². The molecular weight excluding hydrogens is 239 g/mol. The Morgan fingerprint density at radius 2 is 2.14 bits per heavy atom. The highest BCUT2D eigenvalue weighted by Gasteiger charge is 2.09. The van der Waals surface area contributed by atoms with Crippen molar-refractivity contribution in [3.63, 3.8) is 0 Å². The maximum Gasteiger partial charge on any atom is 0.164 e. The van der Waals surface area contributed by atoms with E-state index in [9.17, 15) is 0 Å². The second-order valence-electron chi connectivity index (χ2n) is 2.90. The molecule has 0 radical (unpaired) electrons. The average molecular weight is 249 g/mol. The molecule has 0 heterocycles. The number of hydrogen-bond donors (Lipinski definition) is 2. The van der Waals surface area contributed by atoms with E-state index in [1.165, 1.54) is 0 Å². The quantitative estimate of drug-likeness (QED) is 0.791. The highest BCUT2D eigenvalue weighted by Crippen LogP contribution is 2.25. The van der Waals surface area contributed by atoms with Crippen molar-refractivity contribution >= 4 is 40.5 Å². The van der Waals surface area contributed by atoms with Gasteiger partial charge >= 0.3 is 0 Å². The van der Waals surface area contributed by atoms with Crippen LogP contribution in [0.15, 0.2) is 18.2 Å². The fourth-order valence-corrected chi connectivity index (χ4v) is 1.89. The minimum absolute atomic E-state index is 0.0164. The number of rotatable bonds is 2. The molecule has 0 aliphatic rings. The molecule has 0 aliphatic carbocycles. The lowest BCUT2D eigenvalue weighted by Crippen LogP contribution is -2.31. The van der Waals surface area contributed by atoms with Gasteiger partial charge in [0.15, 0.2) is 5.11 Å². The molecule has 0 saturated carbocycles. The van der Waals surface area contributed by atoms with Gasteiger partial charge < -0.3 is 11.1 Å². The maximum atomic E-state index is 6.00. The van der Waals surface area contributed by atoms with E-state index in [-0.39, 0.29) is 11.2 Å². The average Bonchev–Trinajstić information content (AvgIpc) is 2.01. The third kappa shape index (κ3) is 3.01. The first-order chi connectivity index (χ1) is 6.50. The summed E-state index contributed by atoms with van der Waals surface area (Å²) in [4.78, 5) is 0. The van der Waals surface area contributed by atoms with Gasteiger partial charge in [0, 0.05) is 10.0 Å². The molecule has 3 N–H and O–H groups in total. The van der Waals surface area contributed by atoms with Crippen LogP contribution in [0.4, 0.5) is 0 Å². The van der Waals surface area contributed by atoms with Crippen LogP contribution in [0.25, 0.3) is 0 Å². The van der Waals surface area contributed by atoms with Crippen LogP contribution < -0.4 is 11.1 Å². The first-order valence-electron chi connectivity index (χ1n) is 4.01. The molecule has 1 aromatic rings. The van der Waals surface area contributed by atoms with Gasteiger partial charge in [0.1, 0.15) is 0 Å². The molecule has 5 heteroatoms. The van der Waals surface area contributed by atoms with E-state index in [1.54, 1.807) is 12.1 Å². The van der Waals surface area contributed by atoms with Crippen molar-refractivity contribution in [2.45, 2.75) is 13.0 Å². The topological polar surface area (TPSA) is 38.0 Å². The number of benzene rings is 1. The van der Waals surface area contributed by atoms with E-state index in [0.717, 1.165) is 5.56 Å². The molecule has 0 amide bonds. The summed E-state index contributed by atoms with van der Waals surface area (Å²) in [5.74, 6) is 0. The van der Waals surface area contributed by atoms with Crippen molar-refractivity contribution in [2.75, 3.05) is 0 Å². The Balaban J connectivity index is 2.90. The number of thiocarbonyl (C=S) groups is 1. The summed E-state index contributed by atoms with van der Waals surface area (Å²) in [6.45, 7) is 1.92. The first-order valence-corrected chi connectivity index (χ1v) is 5.18. The van der Waals surface area contributed by atoms with E-state index in [1.807, 2.05) is 13.0 Å². The summed E-state index contributed by atoms with van der Waals surface area (Å²) in [5, 5.41) is 4.37. The normalized spacial score (nSPS) is 12.2. The largest absolute Gasteiger partial charge is 0.376 e. The van der Waals surface area contributed by atoms with Gasteiger partial charge in [-0.3, -0.25) is 0 Å². The van der Waals surface area contributed by atoms with E-state index in [2.05, 4.69) is 5.32 Å². The highest BCUT2D eigenvalue weighted by molar-refractivity contribution is 7.80. The molecule has 0 spiro atoms. The van der Waals surface area contributed by atoms with Gasteiger partial charge in [-0.2, -0.15) is 0 Å². The molecule has 76 valence electrons. The van der Waals surface area contributed by atoms with Crippen molar-refractivity contribution < 1.29 is 0 Å². The molecule has 14 heavy (non-hydrogen) atoms. The van der Waals surface area contributed by atoms with Gasteiger partial charge in [-0.25, -0.2) is 0 Å². The fourth-order valence-electron chi connectivity index (χ4n) is 1.14. The van der Waals surface area contributed by atoms with Crippen molar-refractivity contribution in [1.82, 2.24) is 5.32 Å². The molecule has 2 nitrogen and oxygen atoms in total. The highest BCUT2D eigenvalue weighted by atomic mass is 35.5. The van der Waals surface area contributed by atoms with Crippen LogP contribution in [-0.2, 0) is 0 Å². The lowest BCUT2D eigenvalue weighted by molar-refractivity contribution is 0.720.